The minimum atomic E-state index is -0.687. The van der Waals surface area contributed by atoms with Crippen molar-refractivity contribution in [2.75, 3.05) is 24.5 Å². The highest BCUT2D eigenvalue weighted by molar-refractivity contribution is 7.19. The Hall–Kier alpha value is -3.19. The molecule has 0 saturated carbocycles. The molecule has 0 radical (unpaired) electrons. The van der Waals surface area contributed by atoms with Gasteiger partial charge in [-0.25, -0.2) is 4.98 Å². The summed E-state index contributed by atoms with van der Waals surface area (Å²) in [7, 11) is 0. The van der Waals surface area contributed by atoms with Crippen LogP contribution in [-0.4, -0.2) is 47.4 Å². The number of rotatable bonds is 3. The number of benzene rings is 2. The Morgan fingerprint density at radius 1 is 1.03 bits per heavy atom. The van der Waals surface area contributed by atoms with E-state index in [0.717, 1.165) is 47.6 Å². The average Bonchev–Trinajstić information content (AvgIpc) is 3.25. The van der Waals surface area contributed by atoms with E-state index in [1.165, 1.54) is 6.08 Å². The third kappa shape index (κ3) is 4.05. The van der Waals surface area contributed by atoms with Crippen molar-refractivity contribution in [2.45, 2.75) is 25.4 Å². The Kier molecular flexibility index (Phi) is 5.42. The van der Waals surface area contributed by atoms with Crippen LogP contribution in [-0.2, 0) is 9.59 Å². The molecule has 0 aliphatic carbocycles. The molecule has 2 aromatic carbocycles. The molecule has 0 N–H and O–H groups in total. The predicted molar refractivity (Wildman–Crippen MR) is 122 cm³/mol. The van der Waals surface area contributed by atoms with Gasteiger partial charge in [0, 0.05) is 19.2 Å². The molecule has 7 heteroatoms. The van der Waals surface area contributed by atoms with Gasteiger partial charge in [-0.2, -0.15) is 0 Å². The second-order valence-electron chi connectivity index (χ2n) is 7.76. The Morgan fingerprint density at radius 3 is 2.65 bits per heavy atom. The maximum Gasteiger partial charge on any atom is 0.265 e. The normalized spacial score (nSPS) is 18.8. The summed E-state index contributed by atoms with van der Waals surface area (Å²) >= 11 is 1.54. The molecular formula is C24H23N3O3S. The molecule has 2 aliphatic heterocycles. The summed E-state index contributed by atoms with van der Waals surface area (Å²) in [6.45, 7) is 1.72. The van der Waals surface area contributed by atoms with Crippen molar-refractivity contribution >= 4 is 45.1 Å². The quantitative estimate of drug-likeness (QED) is 0.583. The zero-order chi connectivity index (χ0) is 21.2. The van der Waals surface area contributed by atoms with Gasteiger partial charge in [-0.05, 0) is 49.6 Å². The van der Waals surface area contributed by atoms with Crippen LogP contribution >= 0.6 is 11.3 Å². The summed E-state index contributed by atoms with van der Waals surface area (Å²) in [4.78, 5) is 34.2. The fraction of sp³-hybridized carbons (Fsp3) is 0.292. The second kappa shape index (κ2) is 8.51. The highest BCUT2D eigenvalue weighted by Crippen LogP contribution is 2.34. The van der Waals surface area contributed by atoms with Crippen LogP contribution in [0.1, 0.15) is 24.3 Å². The van der Waals surface area contributed by atoms with Crippen LogP contribution in [0, 0.1) is 0 Å². The number of carbonyl (C=O) groups is 2. The number of anilines is 1. The number of aromatic nitrogens is 1. The largest absolute Gasteiger partial charge is 0.476 e. The van der Waals surface area contributed by atoms with Crippen LogP contribution in [0.25, 0.3) is 16.3 Å². The van der Waals surface area contributed by atoms with E-state index in [9.17, 15) is 9.59 Å². The van der Waals surface area contributed by atoms with Crippen LogP contribution in [0.3, 0.4) is 0 Å². The summed E-state index contributed by atoms with van der Waals surface area (Å²) in [5.41, 5.74) is 1.60. The molecule has 2 amide bonds. The van der Waals surface area contributed by atoms with Crippen molar-refractivity contribution in [1.29, 1.82) is 0 Å². The number of para-hydroxylation sites is 3. The Bertz CT molecular complexity index is 1120. The zero-order valence-corrected chi connectivity index (χ0v) is 17.9. The number of carbonyl (C=O) groups excluding carboxylic acids is 2. The summed E-state index contributed by atoms with van der Waals surface area (Å²) in [6.07, 6.45) is 5.77. The van der Waals surface area contributed by atoms with E-state index in [4.69, 9.17) is 4.74 Å². The van der Waals surface area contributed by atoms with Gasteiger partial charge in [-0.3, -0.25) is 9.59 Å². The first-order chi connectivity index (χ1) is 15.2. The fourth-order valence-corrected chi connectivity index (χ4v) is 4.95. The van der Waals surface area contributed by atoms with Crippen molar-refractivity contribution in [3.05, 3.63) is 59.6 Å². The SMILES string of the molecule is O=C(C1CN(C(=O)/C=C/c2nc3ccccc3s2)c2ccccc2O1)N1CCCCC1. The Morgan fingerprint density at radius 2 is 1.81 bits per heavy atom. The van der Waals surface area contributed by atoms with E-state index < -0.39 is 6.10 Å². The number of piperidine rings is 1. The molecule has 1 saturated heterocycles. The smallest absolute Gasteiger partial charge is 0.265 e. The highest BCUT2D eigenvalue weighted by Gasteiger charge is 2.35. The lowest BCUT2D eigenvalue weighted by Gasteiger charge is -2.37. The highest BCUT2D eigenvalue weighted by atomic mass is 32.1. The van der Waals surface area contributed by atoms with Crippen LogP contribution in [0.5, 0.6) is 5.75 Å². The summed E-state index contributed by atoms with van der Waals surface area (Å²) in [6, 6.07) is 15.3. The van der Waals surface area contributed by atoms with Gasteiger partial charge in [0.1, 0.15) is 10.8 Å². The van der Waals surface area contributed by atoms with E-state index in [-0.39, 0.29) is 18.4 Å². The Labute approximate surface area is 184 Å². The summed E-state index contributed by atoms with van der Waals surface area (Å²) in [5, 5.41) is 0.775. The molecule has 1 atom stereocenters. The first-order valence-corrected chi connectivity index (χ1v) is 11.4. The lowest BCUT2D eigenvalue weighted by atomic mass is 10.1. The van der Waals surface area contributed by atoms with E-state index in [1.807, 2.05) is 53.4 Å². The number of likely N-dealkylation sites (tertiary alicyclic amines) is 1. The molecule has 3 heterocycles. The molecule has 3 aromatic rings. The topological polar surface area (TPSA) is 62.7 Å². The number of amides is 2. The molecule has 31 heavy (non-hydrogen) atoms. The molecular weight excluding hydrogens is 410 g/mol. The maximum atomic E-state index is 13.1. The van der Waals surface area contributed by atoms with Gasteiger partial charge in [-0.15, -0.1) is 11.3 Å². The number of hydrogen-bond donors (Lipinski definition) is 0. The average molecular weight is 434 g/mol. The molecule has 1 unspecified atom stereocenters. The minimum absolute atomic E-state index is 0.0397. The van der Waals surface area contributed by atoms with Gasteiger partial charge in [0.05, 0.1) is 22.4 Å². The van der Waals surface area contributed by atoms with E-state index in [2.05, 4.69) is 4.98 Å². The molecule has 5 rings (SSSR count). The first kappa shape index (κ1) is 19.8. The van der Waals surface area contributed by atoms with Crippen LogP contribution < -0.4 is 9.64 Å². The fourth-order valence-electron chi connectivity index (χ4n) is 4.08. The van der Waals surface area contributed by atoms with Crippen LogP contribution in [0.2, 0.25) is 0 Å². The number of hydrogen-bond acceptors (Lipinski definition) is 5. The number of ether oxygens (including phenoxy) is 1. The standard InChI is InChI=1S/C24H23N3O3S/c28-23(13-12-22-25-17-8-2-5-11-21(17)31-22)27-16-20(24(29)26-14-6-1-7-15-26)30-19-10-4-3-9-18(19)27/h2-5,8-13,20H,1,6-7,14-16H2/b13-12+. The van der Waals surface area contributed by atoms with Crippen molar-refractivity contribution in [2.24, 2.45) is 0 Å². The van der Waals surface area contributed by atoms with Crippen LogP contribution in [0.15, 0.2) is 54.6 Å². The molecule has 0 spiro atoms. The number of fused-ring (bicyclic) bond motifs is 2. The lowest BCUT2D eigenvalue weighted by Crippen LogP contribution is -2.52. The molecule has 6 nitrogen and oxygen atoms in total. The summed E-state index contributed by atoms with van der Waals surface area (Å²) < 4.78 is 7.09. The lowest BCUT2D eigenvalue weighted by molar-refractivity contribution is -0.139. The molecule has 2 aliphatic rings. The van der Waals surface area contributed by atoms with Gasteiger partial charge >= 0.3 is 0 Å². The van der Waals surface area contributed by atoms with Crippen molar-refractivity contribution in [1.82, 2.24) is 9.88 Å². The molecule has 1 fully saturated rings. The molecule has 158 valence electrons. The van der Waals surface area contributed by atoms with Gasteiger partial charge in [0.2, 0.25) is 0 Å². The first-order valence-electron chi connectivity index (χ1n) is 10.6. The number of nitrogens with zero attached hydrogens (tertiary/aromatic N) is 3. The second-order valence-corrected chi connectivity index (χ2v) is 8.82. The zero-order valence-electron chi connectivity index (χ0n) is 17.1. The monoisotopic (exact) mass is 433 g/mol. The van der Waals surface area contributed by atoms with Crippen LogP contribution in [0.4, 0.5) is 5.69 Å². The van der Waals surface area contributed by atoms with Gasteiger partial charge in [-0.1, -0.05) is 24.3 Å². The molecule has 1 aromatic heterocycles. The third-order valence-corrected chi connectivity index (χ3v) is 6.66. The maximum absolute atomic E-state index is 13.1. The number of thiazole rings is 1. The van der Waals surface area contributed by atoms with Gasteiger partial charge < -0.3 is 14.5 Å². The van der Waals surface area contributed by atoms with E-state index >= 15 is 0 Å². The van der Waals surface area contributed by atoms with Gasteiger partial charge in [0.15, 0.2) is 6.10 Å². The van der Waals surface area contributed by atoms with Crippen molar-refractivity contribution in [3.63, 3.8) is 0 Å². The van der Waals surface area contributed by atoms with E-state index in [1.54, 1.807) is 22.3 Å². The van der Waals surface area contributed by atoms with Gasteiger partial charge in [0.25, 0.3) is 11.8 Å². The summed E-state index contributed by atoms with van der Waals surface area (Å²) in [5.74, 6) is 0.333. The van der Waals surface area contributed by atoms with Crippen molar-refractivity contribution in [3.8, 4) is 5.75 Å². The molecule has 0 bridgehead atoms. The minimum Gasteiger partial charge on any atom is -0.476 e. The van der Waals surface area contributed by atoms with E-state index in [0.29, 0.717) is 11.4 Å². The predicted octanol–water partition coefficient (Wildman–Crippen LogP) is 4.12. The third-order valence-electron chi connectivity index (χ3n) is 5.66. The Balaban J connectivity index is 1.38. The van der Waals surface area contributed by atoms with Crippen molar-refractivity contribution < 1.29 is 14.3 Å².